The van der Waals surface area contributed by atoms with E-state index in [9.17, 15) is 4.79 Å². The Hall–Kier alpha value is -1.10. The van der Waals surface area contributed by atoms with Crippen LogP contribution in [0, 0.1) is 6.92 Å². The molecule has 6 heteroatoms. The van der Waals surface area contributed by atoms with Crippen molar-refractivity contribution in [3.63, 3.8) is 0 Å². The molecule has 1 heterocycles. The van der Waals surface area contributed by atoms with E-state index in [1.165, 1.54) is 4.88 Å². The summed E-state index contributed by atoms with van der Waals surface area (Å²) in [6.07, 6.45) is 4.65. The molecule has 1 aliphatic carbocycles. The van der Waals surface area contributed by atoms with Crippen molar-refractivity contribution in [1.82, 2.24) is 10.3 Å². The van der Waals surface area contributed by atoms with Crippen LogP contribution in [0.4, 0.5) is 0 Å². The van der Waals surface area contributed by atoms with E-state index in [-0.39, 0.29) is 5.91 Å². The van der Waals surface area contributed by atoms with Gasteiger partial charge in [0, 0.05) is 17.8 Å². The van der Waals surface area contributed by atoms with Crippen molar-refractivity contribution < 1.29 is 4.79 Å². The predicted molar refractivity (Wildman–Crippen MR) is 100 cm³/mol. The maximum absolute atomic E-state index is 13.0. The van der Waals surface area contributed by atoms with Gasteiger partial charge in [0.15, 0.2) is 0 Å². The zero-order valence-electron chi connectivity index (χ0n) is 13.6. The lowest BCUT2D eigenvalue weighted by Gasteiger charge is -2.28. The van der Waals surface area contributed by atoms with E-state index in [4.69, 9.17) is 23.2 Å². The Morgan fingerprint density at radius 1 is 1.29 bits per heavy atom. The van der Waals surface area contributed by atoms with Gasteiger partial charge >= 0.3 is 0 Å². The van der Waals surface area contributed by atoms with Crippen LogP contribution in [0.15, 0.2) is 23.7 Å². The van der Waals surface area contributed by atoms with Crippen LogP contribution >= 0.6 is 34.5 Å². The quantitative estimate of drug-likeness (QED) is 0.796. The smallest absolute Gasteiger partial charge is 0.230 e. The van der Waals surface area contributed by atoms with Crippen molar-refractivity contribution in [1.29, 1.82) is 0 Å². The summed E-state index contributed by atoms with van der Waals surface area (Å²) in [5, 5.41) is 4.16. The highest BCUT2D eigenvalue weighted by Gasteiger charge is 2.42. The van der Waals surface area contributed by atoms with Gasteiger partial charge in [0.05, 0.1) is 26.7 Å². The second-order valence-electron chi connectivity index (χ2n) is 6.28. The molecule has 0 atom stereocenters. The van der Waals surface area contributed by atoms with Crippen LogP contribution in [0.2, 0.25) is 10.0 Å². The number of halogens is 2. The number of hydrogen-bond acceptors (Lipinski definition) is 3. The molecular formula is C18H20Cl2N2OS. The first-order valence-corrected chi connectivity index (χ1v) is 9.79. The zero-order valence-corrected chi connectivity index (χ0v) is 15.9. The minimum atomic E-state index is -0.475. The van der Waals surface area contributed by atoms with E-state index < -0.39 is 5.41 Å². The molecule has 0 aliphatic heterocycles. The van der Waals surface area contributed by atoms with Crippen LogP contribution in [-0.4, -0.2) is 17.4 Å². The summed E-state index contributed by atoms with van der Waals surface area (Å²) >= 11 is 13.8. The summed E-state index contributed by atoms with van der Waals surface area (Å²) in [5.74, 6) is 0.0977. The van der Waals surface area contributed by atoms with E-state index >= 15 is 0 Å². The van der Waals surface area contributed by atoms with Crippen molar-refractivity contribution >= 4 is 40.4 Å². The largest absolute Gasteiger partial charge is 0.355 e. The van der Waals surface area contributed by atoms with Crippen molar-refractivity contribution in [3.05, 3.63) is 49.9 Å². The normalized spacial score (nSPS) is 16.3. The molecule has 1 fully saturated rings. The van der Waals surface area contributed by atoms with Crippen molar-refractivity contribution in [3.8, 4) is 0 Å². The molecule has 3 nitrogen and oxygen atoms in total. The first kappa shape index (κ1) is 17.7. The third-order valence-corrected chi connectivity index (χ3v) is 6.58. The highest BCUT2D eigenvalue weighted by molar-refractivity contribution is 7.09. The Labute approximate surface area is 156 Å². The average molecular weight is 383 g/mol. The Morgan fingerprint density at radius 2 is 2.04 bits per heavy atom. The molecule has 0 saturated heterocycles. The SMILES string of the molecule is Cc1ncsc1CCNC(=O)C1(c2ccc(Cl)c(Cl)c2)CCCC1. The van der Waals surface area contributed by atoms with Gasteiger partial charge in [-0.15, -0.1) is 11.3 Å². The van der Waals surface area contributed by atoms with Crippen molar-refractivity contribution in [2.75, 3.05) is 6.54 Å². The van der Waals surface area contributed by atoms with Gasteiger partial charge in [0.25, 0.3) is 0 Å². The lowest BCUT2D eigenvalue weighted by Crippen LogP contribution is -2.43. The highest BCUT2D eigenvalue weighted by Crippen LogP contribution is 2.42. The molecule has 128 valence electrons. The topological polar surface area (TPSA) is 42.0 Å². The fourth-order valence-electron chi connectivity index (χ4n) is 3.44. The molecule has 1 aromatic carbocycles. The Morgan fingerprint density at radius 3 is 2.67 bits per heavy atom. The number of thiazole rings is 1. The van der Waals surface area contributed by atoms with Gasteiger partial charge in [0.2, 0.25) is 5.91 Å². The number of amides is 1. The van der Waals surface area contributed by atoms with Crippen molar-refractivity contribution in [2.45, 2.75) is 44.4 Å². The lowest BCUT2D eigenvalue weighted by atomic mass is 9.78. The standard InChI is InChI=1S/C18H20Cl2N2OS/c1-12-16(24-11-22-12)6-9-21-17(23)18(7-2-3-8-18)13-4-5-14(19)15(20)10-13/h4-5,10-11H,2-3,6-9H2,1H3,(H,21,23). The van der Waals surface area contributed by atoms with E-state index in [0.29, 0.717) is 16.6 Å². The number of rotatable bonds is 5. The highest BCUT2D eigenvalue weighted by atomic mass is 35.5. The van der Waals surface area contributed by atoms with E-state index in [1.54, 1.807) is 17.4 Å². The van der Waals surface area contributed by atoms with Gasteiger partial charge in [-0.3, -0.25) is 4.79 Å². The summed E-state index contributed by atoms with van der Waals surface area (Å²) in [5.41, 5.74) is 3.40. The lowest BCUT2D eigenvalue weighted by molar-refractivity contribution is -0.126. The Bertz CT molecular complexity index is 738. The molecule has 1 aliphatic rings. The zero-order chi connectivity index (χ0) is 17.2. The molecule has 0 radical (unpaired) electrons. The number of hydrogen-bond donors (Lipinski definition) is 1. The van der Waals surface area contributed by atoms with Gasteiger partial charge < -0.3 is 5.32 Å². The second-order valence-corrected chi connectivity index (χ2v) is 8.04. The molecule has 3 rings (SSSR count). The number of aryl methyl sites for hydroxylation is 1. The van der Waals surface area contributed by atoms with E-state index in [1.807, 2.05) is 24.6 Å². The molecule has 24 heavy (non-hydrogen) atoms. The molecule has 0 bridgehead atoms. The summed E-state index contributed by atoms with van der Waals surface area (Å²) in [6, 6.07) is 5.57. The summed E-state index contributed by atoms with van der Waals surface area (Å²) in [4.78, 5) is 18.5. The Kier molecular flexibility index (Phi) is 5.48. The third kappa shape index (κ3) is 3.46. The summed E-state index contributed by atoms with van der Waals surface area (Å²) in [7, 11) is 0. The Balaban J connectivity index is 1.73. The number of nitrogens with zero attached hydrogens (tertiary/aromatic N) is 1. The monoisotopic (exact) mass is 382 g/mol. The average Bonchev–Trinajstić information content (AvgIpc) is 3.20. The number of carbonyl (C=O) groups is 1. The maximum Gasteiger partial charge on any atom is 0.230 e. The van der Waals surface area contributed by atoms with Gasteiger partial charge in [-0.05, 0) is 37.5 Å². The summed E-state index contributed by atoms with van der Waals surface area (Å²) in [6.45, 7) is 2.63. The molecule has 1 N–H and O–H groups in total. The van der Waals surface area contributed by atoms with Gasteiger partial charge in [-0.1, -0.05) is 42.1 Å². The first-order chi connectivity index (χ1) is 11.5. The van der Waals surface area contributed by atoms with E-state index in [2.05, 4.69) is 10.3 Å². The predicted octanol–water partition coefficient (Wildman–Crippen LogP) is 4.93. The fraction of sp³-hybridized carbons (Fsp3) is 0.444. The van der Waals surface area contributed by atoms with Crippen LogP contribution in [0.25, 0.3) is 0 Å². The number of nitrogens with one attached hydrogen (secondary N) is 1. The second kappa shape index (κ2) is 7.42. The molecule has 0 spiro atoms. The number of benzene rings is 1. The molecule has 1 saturated carbocycles. The van der Waals surface area contributed by atoms with Gasteiger partial charge in [-0.25, -0.2) is 4.98 Å². The number of carbonyl (C=O) groups excluding carboxylic acids is 1. The maximum atomic E-state index is 13.0. The number of aromatic nitrogens is 1. The van der Waals surface area contributed by atoms with Gasteiger partial charge in [0.1, 0.15) is 0 Å². The van der Waals surface area contributed by atoms with E-state index in [0.717, 1.165) is 43.4 Å². The molecule has 0 unspecified atom stereocenters. The fourth-order valence-corrected chi connectivity index (χ4v) is 4.52. The van der Waals surface area contributed by atoms with Crippen LogP contribution in [0.3, 0.4) is 0 Å². The molecular weight excluding hydrogens is 363 g/mol. The first-order valence-electron chi connectivity index (χ1n) is 8.16. The van der Waals surface area contributed by atoms with Crippen LogP contribution in [0.1, 0.15) is 41.8 Å². The third-order valence-electron chi connectivity index (χ3n) is 4.85. The minimum Gasteiger partial charge on any atom is -0.355 e. The minimum absolute atomic E-state index is 0.0977. The molecule has 2 aromatic rings. The van der Waals surface area contributed by atoms with Gasteiger partial charge in [-0.2, -0.15) is 0 Å². The van der Waals surface area contributed by atoms with Crippen LogP contribution < -0.4 is 5.32 Å². The molecule has 1 aromatic heterocycles. The van der Waals surface area contributed by atoms with Crippen molar-refractivity contribution in [2.24, 2.45) is 0 Å². The van der Waals surface area contributed by atoms with Crippen LogP contribution in [-0.2, 0) is 16.6 Å². The molecule has 1 amide bonds. The van der Waals surface area contributed by atoms with Crippen LogP contribution in [0.5, 0.6) is 0 Å². The summed E-state index contributed by atoms with van der Waals surface area (Å²) < 4.78 is 0.